The molecule has 20 heavy (non-hydrogen) atoms. The van der Waals surface area contributed by atoms with Crippen LogP contribution in [0.5, 0.6) is 0 Å². The summed E-state index contributed by atoms with van der Waals surface area (Å²) >= 11 is 0. The zero-order valence-corrected chi connectivity index (χ0v) is 11.9. The summed E-state index contributed by atoms with van der Waals surface area (Å²) < 4.78 is 5.39. The molecule has 0 saturated carbocycles. The van der Waals surface area contributed by atoms with E-state index in [2.05, 4.69) is 16.7 Å². The molecule has 1 amide bonds. The molecule has 0 aromatic heterocycles. The number of rotatable bonds is 8. The van der Waals surface area contributed by atoms with E-state index in [1.54, 1.807) is 0 Å². The Balaban J connectivity index is 2.12. The van der Waals surface area contributed by atoms with Crippen LogP contribution in [0.4, 0.5) is 0 Å². The molecule has 108 valence electrons. The molecule has 1 unspecified atom stereocenters. The minimum atomic E-state index is -0.450. The average molecular weight is 275 g/mol. The molecule has 0 spiro atoms. The van der Waals surface area contributed by atoms with Gasteiger partial charge in [0.05, 0.1) is 26.0 Å². The van der Waals surface area contributed by atoms with E-state index < -0.39 is 6.04 Å². The Kier molecular flexibility index (Phi) is 7.33. The lowest BCUT2D eigenvalue weighted by Crippen LogP contribution is -2.42. The highest BCUT2D eigenvalue weighted by Gasteiger charge is 2.14. The van der Waals surface area contributed by atoms with Gasteiger partial charge in [-0.25, -0.2) is 0 Å². The molecule has 1 aromatic rings. The molecule has 1 atom stereocenters. The van der Waals surface area contributed by atoms with E-state index in [-0.39, 0.29) is 18.4 Å². The quantitative estimate of drug-likeness (QED) is 0.556. The van der Waals surface area contributed by atoms with E-state index in [1.807, 2.05) is 44.2 Å². The monoisotopic (exact) mass is 275 g/mol. The predicted octanol–water partition coefficient (Wildman–Crippen LogP) is 1.41. The normalized spacial score (nSPS) is 11.9. The van der Waals surface area contributed by atoms with Crippen molar-refractivity contribution in [1.29, 1.82) is 5.26 Å². The van der Waals surface area contributed by atoms with Gasteiger partial charge in [-0.3, -0.25) is 10.1 Å². The third kappa shape index (κ3) is 6.32. The summed E-state index contributed by atoms with van der Waals surface area (Å²) in [6.45, 7) is 4.72. The molecule has 0 heterocycles. The van der Waals surface area contributed by atoms with Crippen molar-refractivity contribution >= 4 is 5.91 Å². The van der Waals surface area contributed by atoms with Crippen LogP contribution in [0.15, 0.2) is 30.3 Å². The van der Waals surface area contributed by atoms with Gasteiger partial charge in [0.25, 0.3) is 0 Å². The number of hydrogen-bond acceptors (Lipinski definition) is 4. The molecule has 0 bridgehead atoms. The fraction of sp³-hybridized carbons (Fsp3) is 0.467. The molecule has 5 nitrogen and oxygen atoms in total. The van der Waals surface area contributed by atoms with Crippen molar-refractivity contribution in [2.75, 3.05) is 13.3 Å². The first-order valence-corrected chi connectivity index (χ1v) is 6.65. The lowest BCUT2D eigenvalue weighted by Gasteiger charge is -2.15. The van der Waals surface area contributed by atoms with E-state index >= 15 is 0 Å². The van der Waals surface area contributed by atoms with Crippen LogP contribution >= 0.6 is 0 Å². The summed E-state index contributed by atoms with van der Waals surface area (Å²) in [6.07, 6.45) is 0. The van der Waals surface area contributed by atoms with Gasteiger partial charge in [0, 0.05) is 0 Å². The summed E-state index contributed by atoms with van der Waals surface area (Å²) in [5.74, 6) is -0.105. The standard InChI is InChI=1S/C15H21N3O2/c1-12(2)14(8-16)18-15(19)9-17-11-20-10-13-6-4-3-5-7-13/h3-7,12,14,17H,9-11H2,1-2H3,(H,18,19). The number of carbonyl (C=O) groups excluding carboxylic acids is 1. The number of benzene rings is 1. The van der Waals surface area contributed by atoms with Crippen molar-refractivity contribution in [3.05, 3.63) is 35.9 Å². The van der Waals surface area contributed by atoms with Gasteiger partial charge < -0.3 is 10.1 Å². The first-order valence-electron chi connectivity index (χ1n) is 6.65. The topological polar surface area (TPSA) is 74.2 Å². The maximum absolute atomic E-state index is 11.6. The molecule has 2 N–H and O–H groups in total. The number of nitrogens with zero attached hydrogens (tertiary/aromatic N) is 1. The smallest absolute Gasteiger partial charge is 0.235 e. The third-order valence-electron chi connectivity index (χ3n) is 2.72. The molecule has 0 aliphatic carbocycles. The van der Waals surface area contributed by atoms with Crippen LogP contribution < -0.4 is 10.6 Å². The molecular formula is C15H21N3O2. The van der Waals surface area contributed by atoms with E-state index in [9.17, 15) is 4.79 Å². The highest BCUT2D eigenvalue weighted by molar-refractivity contribution is 5.78. The van der Waals surface area contributed by atoms with E-state index in [4.69, 9.17) is 10.00 Å². The van der Waals surface area contributed by atoms with Crippen molar-refractivity contribution in [3.8, 4) is 6.07 Å². The lowest BCUT2D eigenvalue weighted by molar-refractivity contribution is -0.121. The minimum Gasteiger partial charge on any atom is -0.362 e. The first kappa shape index (κ1) is 16.2. The summed E-state index contributed by atoms with van der Waals surface area (Å²) in [6, 6.07) is 11.4. The zero-order chi connectivity index (χ0) is 14.8. The molecule has 0 radical (unpaired) electrons. The van der Waals surface area contributed by atoms with Gasteiger partial charge in [0.1, 0.15) is 6.04 Å². The van der Waals surface area contributed by atoms with Gasteiger partial charge in [0.2, 0.25) is 5.91 Å². The van der Waals surface area contributed by atoms with E-state index in [1.165, 1.54) is 0 Å². The Labute approximate surface area is 119 Å². The maximum atomic E-state index is 11.6. The molecule has 0 aliphatic heterocycles. The molecule has 1 rings (SSSR count). The number of carbonyl (C=O) groups is 1. The zero-order valence-electron chi connectivity index (χ0n) is 11.9. The highest BCUT2D eigenvalue weighted by atomic mass is 16.5. The summed E-state index contributed by atoms with van der Waals surface area (Å²) in [5.41, 5.74) is 1.09. The number of ether oxygens (including phenoxy) is 1. The molecule has 0 aliphatic rings. The van der Waals surface area contributed by atoms with Gasteiger partial charge >= 0.3 is 0 Å². The summed E-state index contributed by atoms with van der Waals surface area (Å²) in [5, 5.41) is 14.4. The van der Waals surface area contributed by atoms with Crippen molar-refractivity contribution in [1.82, 2.24) is 10.6 Å². The van der Waals surface area contributed by atoms with Crippen LogP contribution in [0.2, 0.25) is 0 Å². The minimum absolute atomic E-state index is 0.0956. The van der Waals surface area contributed by atoms with Crippen LogP contribution in [0.3, 0.4) is 0 Å². The van der Waals surface area contributed by atoms with Crippen LogP contribution in [0.25, 0.3) is 0 Å². The van der Waals surface area contributed by atoms with E-state index in [0.717, 1.165) is 5.56 Å². The number of amides is 1. The summed E-state index contributed by atoms with van der Waals surface area (Å²) in [4.78, 5) is 11.6. The largest absolute Gasteiger partial charge is 0.362 e. The Morgan fingerprint density at radius 3 is 2.65 bits per heavy atom. The van der Waals surface area contributed by atoms with Gasteiger partial charge in [0.15, 0.2) is 0 Å². The lowest BCUT2D eigenvalue weighted by atomic mass is 10.1. The summed E-state index contributed by atoms with van der Waals surface area (Å²) in [7, 11) is 0. The van der Waals surface area contributed by atoms with E-state index in [0.29, 0.717) is 13.3 Å². The first-order chi connectivity index (χ1) is 9.63. The molecule has 5 heteroatoms. The molecule has 0 saturated heterocycles. The van der Waals surface area contributed by atoms with Crippen molar-refractivity contribution in [3.63, 3.8) is 0 Å². The van der Waals surface area contributed by atoms with Crippen molar-refractivity contribution < 1.29 is 9.53 Å². The molecule has 0 fully saturated rings. The third-order valence-corrected chi connectivity index (χ3v) is 2.72. The van der Waals surface area contributed by atoms with Crippen LogP contribution in [-0.2, 0) is 16.1 Å². The average Bonchev–Trinajstić information content (AvgIpc) is 2.45. The SMILES string of the molecule is CC(C)C(C#N)NC(=O)CNCOCc1ccccc1. The van der Waals surface area contributed by atoms with Crippen LogP contribution in [0, 0.1) is 17.2 Å². The Morgan fingerprint density at radius 2 is 2.05 bits per heavy atom. The van der Waals surface area contributed by atoms with Gasteiger partial charge in [-0.1, -0.05) is 44.2 Å². The number of hydrogen-bond donors (Lipinski definition) is 2. The van der Waals surface area contributed by atoms with Crippen LogP contribution in [0.1, 0.15) is 19.4 Å². The fourth-order valence-corrected chi connectivity index (χ4v) is 1.55. The second kappa shape index (κ2) is 9.08. The molecule has 1 aromatic carbocycles. The number of nitriles is 1. The highest BCUT2D eigenvalue weighted by Crippen LogP contribution is 2.00. The Morgan fingerprint density at radius 1 is 1.35 bits per heavy atom. The Hall–Kier alpha value is -1.90. The van der Waals surface area contributed by atoms with Crippen molar-refractivity contribution in [2.45, 2.75) is 26.5 Å². The van der Waals surface area contributed by atoms with Crippen LogP contribution in [-0.4, -0.2) is 25.2 Å². The van der Waals surface area contributed by atoms with Crippen molar-refractivity contribution in [2.24, 2.45) is 5.92 Å². The van der Waals surface area contributed by atoms with Gasteiger partial charge in [-0.05, 0) is 11.5 Å². The second-order valence-corrected chi connectivity index (χ2v) is 4.82. The van der Waals surface area contributed by atoms with Gasteiger partial charge in [-0.15, -0.1) is 0 Å². The predicted molar refractivity (Wildman–Crippen MR) is 76.5 cm³/mol. The molecular weight excluding hydrogens is 254 g/mol. The van der Waals surface area contributed by atoms with Gasteiger partial charge in [-0.2, -0.15) is 5.26 Å². The number of nitrogens with one attached hydrogen (secondary N) is 2. The Bertz CT molecular complexity index is 440. The fourth-order valence-electron chi connectivity index (χ4n) is 1.55. The maximum Gasteiger partial charge on any atom is 0.235 e. The second-order valence-electron chi connectivity index (χ2n) is 4.82.